The zero-order chi connectivity index (χ0) is 17.7. The fourth-order valence-electron chi connectivity index (χ4n) is 2.24. The second-order valence-electron chi connectivity index (χ2n) is 6.90. The fourth-order valence-corrected chi connectivity index (χ4v) is 2.24. The van der Waals surface area contributed by atoms with Crippen LogP contribution in [0.3, 0.4) is 0 Å². The summed E-state index contributed by atoms with van der Waals surface area (Å²) in [5, 5.41) is 2.92. The topological polar surface area (TPSA) is 64.4 Å². The van der Waals surface area contributed by atoms with Crippen molar-refractivity contribution in [3.05, 3.63) is 47.2 Å². The summed E-state index contributed by atoms with van der Waals surface area (Å²) < 4.78 is 10.9. The van der Waals surface area contributed by atoms with E-state index >= 15 is 0 Å². The van der Waals surface area contributed by atoms with Gasteiger partial charge in [-0.3, -0.25) is 4.79 Å². The monoisotopic (exact) mass is 330 g/mol. The van der Waals surface area contributed by atoms with E-state index in [4.69, 9.17) is 9.15 Å². The van der Waals surface area contributed by atoms with Gasteiger partial charge in [0.2, 0.25) is 5.91 Å². The van der Waals surface area contributed by atoms with Crippen LogP contribution in [0.4, 0.5) is 0 Å². The number of hydrogen-bond donors (Lipinski definition) is 1. The minimum absolute atomic E-state index is 0.000994. The molecule has 0 radical (unpaired) electrons. The van der Waals surface area contributed by atoms with E-state index in [9.17, 15) is 4.79 Å². The van der Waals surface area contributed by atoms with Crippen LogP contribution < -0.4 is 10.1 Å². The highest BCUT2D eigenvalue weighted by Crippen LogP contribution is 2.24. The molecule has 1 aromatic carbocycles. The Bertz CT molecular complexity index is 682. The first kappa shape index (κ1) is 18.0. The van der Waals surface area contributed by atoms with Gasteiger partial charge in [-0.25, -0.2) is 4.98 Å². The Morgan fingerprint density at radius 2 is 1.92 bits per heavy atom. The Labute approximate surface area is 143 Å². The minimum Gasteiger partial charge on any atom is -0.497 e. The molecule has 0 unspecified atom stereocenters. The number of benzene rings is 1. The number of amides is 1. The lowest BCUT2D eigenvalue weighted by atomic mass is 9.97. The van der Waals surface area contributed by atoms with E-state index in [-0.39, 0.29) is 11.3 Å². The molecular formula is C19H26N2O3. The number of carbonyl (C=O) groups excluding carboxylic acids is 1. The van der Waals surface area contributed by atoms with Gasteiger partial charge in [-0.2, -0.15) is 0 Å². The first-order valence-corrected chi connectivity index (χ1v) is 8.16. The quantitative estimate of drug-likeness (QED) is 0.880. The molecule has 24 heavy (non-hydrogen) atoms. The summed E-state index contributed by atoms with van der Waals surface area (Å²) in [6.07, 6.45) is 0.944. The molecule has 0 saturated carbocycles. The second kappa shape index (κ2) is 7.51. The van der Waals surface area contributed by atoms with Gasteiger partial charge >= 0.3 is 0 Å². The maximum Gasteiger partial charge on any atom is 0.220 e. The average molecular weight is 330 g/mol. The van der Waals surface area contributed by atoms with E-state index in [1.807, 2.05) is 31.2 Å². The van der Waals surface area contributed by atoms with Gasteiger partial charge in [0.05, 0.1) is 12.8 Å². The van der Waals surface area contributed by atoms with Crippen molar-refractivity contribution in [2.24, 2.45) is 0 Å². The van der Waals surface area contributed by atoms with Crippen molar-refractivity contribution in [1.82, 2.24) is 10.3 Å². The number of nitrogens with one attached hydrogen (secondary N) is 1. The van der Waals surface area contributed by atoms with Crippen LogP contribution in [0.2, 0.25) is 0 Å². The van der Waals surface area contributed by atoms with Crippen LogP contribution in [0.25, 0.3) is 0 Å². The molecule has 0 atom stereocenters. The smallest absolute Gasteiger partial charge is 0.220 e. The van der Waals surface area contributed by atoms with Crippen LogP contribution in [0.1, 0.15) is 50.1 Å². The molecule has 5 heteroatoms. The molecule has 0 fully saturated rings. The van der Waals surface area contributed by atoms with Crippen molar-refractivity contribution in [3.8, 4) is 5.75 Å². The fraction of sp³-hybridized carbons (Fsp3) is 0.474. The summed E-state index contributed by atoms with van der Waals surface area (Å²) in [5.41, 5.74) is 1.78. The van der Waals surface area contributed by atoms with Gasteiger partial charge in [0, 0.05) is 24.8 Å². The maximum atomic E-state index is 12.0. The molecule has 0 saturated heterocycles. The third kappa shape index (κ3) is 4.85. The molecule has 0 aliphatic rings. The summed E-state index contributed by atoms with van der Waals surface area (Å²) in [4.78, 5) is 16.5. The number of nitrogens with zero attached hydrogens (tertiary/aromatic N) is 1. The lowest BCUT2D eigenvalue weighted by Gasteiger charge is -2.12. The highest BCUT2D eigenvalue weighted by atomic mass is 16.5. The van der Waals surface area contributed by atoms with E-state index in [1.165, 1.54) is 0 Å². The molecule has 1 aromatic heterocycles. The first-order valence-electron chi connectivity index (χ1n) is 8.16. The second-order valence-corrected chi connectivity index (χ2v) is 6.90. The minimum atomic E-state index is -0.125. The van der Waals surface area contributed by atoms with Crippen LogP contribution in [0.5, 0.6) is 5.75 Å². The lowest BCUT2D eigenvalue weighted by molar-refractivity contribution is -0.121. The number of carbonyl (C=O) groups is 1. The Kier molecular flexibility index (Phi) is 5.65. The molecule has 1 amide bonds. The Balaban J connectivity index is 1.83. The zero-order valence-electron chi connectivity index (χ0n) is 15.1. The number of oxazole rings is 1. The van der Waals surface area contributed by atoms with Crippen LogP contribution >= 0.6 is 0 Å². The largest absolute Gasteiger partial charge is 0.497 e. The van der Waals surface area contributed by atoms with Gasteiger partial charge in [0.15, 0.2) is 5.89 Å². The van der Waals surface area contributed by atoms with E-state index in [0.29, 0.717) is 25.3 Å². The number of ether oxygens (including phenoxy) is 1. The third-order valence-electron chi connectivity index (χ3n) is 3.76. The predicted octanol–water partition coefficient (Wildman–Crippen LogP) is 3.54. The van der Waals surface area contributed by atoms with Crippen molar-refractivity contribution in [1.29, 1.82) is 0 Å². The molecule has 0 spiro atoms. The van der Waals surface area contributed by atoms with Crippen molar-refractivity contribution in [2.45, 2.75) is 52.5 Å². The van der Waals surface area contributed by atoms with Gasteiger partial charge < -0.3 is 14.5 Å². The summed E-state index contributed by atoms with van der Waals surface area (Å²) >= 11 is 0. The van der Waals surface area contributed by atoms with Gasteiger partial charge in [-0.05, 0) is 24.6 Å². The lowest BCUT2D eigenvalue weighted by Crippen LogP contribution is -2.23. The van der Waals surface area contributed by atoms with E-state index < -0.39 is 0 Å². The Hall–Kier alpha value is -2.30. The standard InChI is InChI=1S/C19H26N2O3/c1-13-16(24-18(21-13)19(2,3)4)10-11-17(22)20-12-14-6-8-15(23-5)9-7-14/h6-9H,10-12H2,1-5H3,(H,20,22). The first-order chi connectivity index (χ1) is 11.3. The molecular weight excluding hydrogens is 304 g/mol. The molecule has 0 bridgehead atoms. The van der Waals surface area contributed by atoms with E-state index in [2.05, 4.69) is 31.1 Å². The summed E-state index contributed by atoms with van der Waals surface area (Å²) in [5.74, 6) is 2.31. The Morgan fingerprint density at radius 3 is 2.46 bits per heavy atom. The number of methoxy groups -OCH3 is 1. The molecule has 5 nitrogen and oxygen atoms in total. The van der Waals surface area contributed by atoms with Crippen LogP contribution in [0.15, 0.2) is 28.7 Å². The SMILES string of the molecule is COc1ccc(CNC(=O)CCc2oc(C(C)(C)C)nc2C)cc1. The number of rotatable bonds is 6. The summed E-state index contributed by atoms with van der Waals surface area (Å²) in [6.45, 7) is 8.60. The van der Waals surface area contributed by atoms with Crippen LogP contribution in [0, 0.1) is 6.92 Å². The van der Waals surface area contributed by atoms with Crippen LogP contribution in [-0.2, 0) is 23.2 Å². The van der Waals surface area contributed by atoms with Crippen molar-refractivity contribution < 1.29 is 13.9 Å². The van der Waals surface area contributed by atoms with Crippen molar-refractivity contribution in [3.63, 3.8) is 0 Å². The zero-order valence-corrected chi connectivity index (χ0v) is 15.1. The normalized spacial score (nSPS) is 11.4. The number of aryl methyl sites for hydroxylation is 2. The third-order valence-corrected chi connectivity index (χ3v) is 3.76. The van der Waals surface area contributed by atoms with Gasteiger partial charge in [0.1, 0.15) is 11.5 Å². The molecule has 2 rings (SSSR count). The van der Waals surface area contributed by atoms with Crippen molar-refractivity contribution in [2.75, 3.05) is 7.11 Å². The van der Waals surface area contributed by atoms with Gasteiger partial charge in [-0.15, -0.1) is 0 Å². The summed E-state index contributed by atoms with van der Waals surface area (Å²) in [7, 11) is 1.63. The van der Waals surface area contributed by atoms with E-state index in [1.54, 1.807) is 7.11 Å². The van der Waals surface area contributed by atoms with Gasteiger partial charge in [0.25, 0.3) is 0 Å². The molecule has 0 aliphatic heterocycles. The average Bonchev–Trinajstić information content (AvgIpc) is 2.92. The number of aromatic nitrogens is 1. The highest BCUT2D eigenvalue weighted by Gasteiger charge is 2.22. The highest BCUT2D eigenvalue weighted by molar-refractivity contribution is 5.76. The van der Waals surface area contributed by atoms with Gasteiger partial charge in [-0.1, -0.05) is 32.9 Å². The summed E-state index contributed by atoms with van der Waals surface area (Å²) in [6, 6.07) is 7.64. The number of hydrogen-bond acceptors (Lipinski definition) is 4. The van der Waals surface area contributed by atoms with E-state index in [0.717, 1.165) is 22.8 Å². The molecule has 1 heterocycles. The van der Waals surface area contributed by atoms with Crippen molar-refractivity contribution >= 4 is 5.91 Å². The molecule has 1 N–H and O–H groups in total. The Morgan fingerprint density at radius 1 is 1.25 bits per heavy atom. The molecule has 0 aliphatic carbocycles. The van der Waals surface area contributed by atoms with Crippen LogP contribution in [-0.4, -0.2) is 18.0 Å². The molecule has 130 valence electrons. The molecule has 2 aromatic rings. The predicted molar refractivity (Wildman–Crippen MR) is 93.1 cm³/mol. The maximum absolute atomic E-state index is 12.0.